The highest BCUT2D eigenvalue weighted by molar-refractivity contribution is 5.88. The van der Waals surface area contributed by atoms with Crippen molar-refractivity contribution in [2.24, 2.45) is 0 Å². The molecule has 1 aromatic carbocycles. The predicted octanol–water partition coefficient (Wildman–Crippen LogP) is 2.51. The van der Waals surface area contributed by atoms with Crippen molar-refractivity contribution in [1.82, 2.24) is 15.0 Å². The average molecular weight is 332 g/mol. The number of halogens is 1. The molecule has 0 spiro atoms. The minimum atomic E-state index is -0.169. The van der Waals surface area contributed by atoms with Crippen molar-refractivity contribution in [2.75, 3.05) is 38.0 Å². The summed E-state index contributed by atoms with van der Waals surface area (Å²) in [5.74, 6) is 0.932. The zero-order valence-electron chi connectivity index (χ0n) is 13.7. The molecule has 128 valence electrons. The van der Waals surface area contributed by atoms with Crippen LogP contribution in [0.15, 0.2) is 34.9 Å². The second kappa shape index (κ2) is 7.44. The standard InChI is InChI=1S/C17H21FN4O2/c1-13-12-16(20-24-13)19-17(23)22-10-8-21(9-11-22)7-6-14-4-2-3-5-15(14)18/h2-5,12H,6-11H2,1H3,(H,19,20,23). The molecule has 24 heavy (non-hydrogen) atoms. The summed E-state index contributed by atoms with van der Waals surface area (Å²) in [5.41, 5.74) is 0.735. The number of carbonyl (C=O) groups excluding carboxylic acids is 1. The van der Waals surface area contributed by atoms with E-state index < -0.39 is 0 Å². The third-order valence-electron chi connectivity index (χ3n) is 4.18. The van der Waals surface area contributed by atoms with Crippen LogP contribution in [0.1, 0.15) is 11.3 Å². The third kappa shape index (κ3) is 4.11. The Labute approximate surface area is 140 Å². The van der Waals surface area contributed by atoms with Crippen LogP contribution in [-0.4, -0.2) is 53.7 Å². The molecule has 6 nitrogen and oxygen atoms in total. The molecule has 2 amide bonds. The number of hydrogen-bond acceptors (Lipinski definition) is 4. The Balaban J connectivity index is 1.44. The third-order valence-corrected chi connectivity index (χ3v) is 4.18. The maximum Gasteiger partial charge on any atom is 0.323 e. The van der Waals surface area contributed by atoms with Gasteiger partial charge in [0.05, 0.1) is 0 Å². The zero-order valence-corrected chi connectivity index (χ0v) is 13.7. The fraction of sp³-hybridized carbons (Fsp3) is 0.412. The van der Waals surface area contributed by atoms with E-state index in [-0.39, 0.29) is 11.8 Å². The highest BCUT2D eigenvalue weighted by Crippen LogP contribution is 2.11. The molecule has 2 aromatic rings. The van der Waals surface area contributed by atoms with Crippen LogP contribution in [0.2, 0.25) is 0 Å². The van der Waals surface area contributed by atoms with E-state index in [9.17, 15) is 9.18 Å². The van der Waals surface area contributed by atoms with E-state index in [1.54, 1.807) is 24.0 Å². The highest BCUT2D eigenvalue weighted by atomic mass is 19.1. The van der Waals surface area contributed by atoms with E-state index in [2.05, 4.69) is 15.4 Å². The van der Waals surface area contributed by atoms with Crippen molar-refractivity contribution in [2.45, 2.75) is 13.3 Å². The monoisotopic (exact) mass is 332 g/mol. The molecule has 1 aromatic heterocycles. The van der Waals surface area contributed by atoms with E-state index in [0.717, 1.165) is 25.2 Å². The van der Waals surface area contributed by atoms with Crippen LogP contribution in [0.25, 0.3) is 0 Å². The summed E-state index contributed by atoms with van der Waals surface area (Å²) in [4.78, 5) is 16.2. The Morgan fingerprint density at radius 1 is 1.29 bits per heavy atom. The van der Waals surface area contributed by atoms with Gasteiger partial charge in [0.15, 0.2) is 5.82 Å². The van der Waals surface area contributed by atoms with E-state index in [1.807, 2.05) is 12.1 Å². The van der Waals surface area contributed by atoms with E-state index >= 15 is 0 Å². The van der Waals surface area contributed by atoms with Gasteiger partial charge in [-0.15, -0.1) is 0 Å². The van der Waals surface area contributed by atoms with Crippen LogP contribution in [0.3, 0.4) is 0 Å². The lowest BCUT2D eigenvalue weighted by molar-refractivity contribution is 0.148. The lowest BCUT2D eigenvalue weighted by Gasteiger charge is -2.34. The Kier molecular flexibility index (Phi) is 5.10. The molecule has 1 aliphatic heterocycles. The molecule has 0 bridgehead atoms. The summed E-state index contributed by atoms with van der Waals surface area (Å²) in [5, 5.41) is 6.48. The minimum absolute atomic E-state index is 0.154. The SMILES string of the molecule is Cc1cc(NC(=O)N2CCN(CCc3ccccc3F)CC2)no1. The molecule has 0 atom stereocenters. The van der Waals surface area contributed by atoms with Crippen LogP contribution in [0.5, 0.6) is 0 Å². The molecular formula is C17H21FN4O2. The number of piperazine rings is 1. The molecule has 0 unspecified atom stereocenters. The van der Waals surface area contributed by atoms with Crippen molar-refractivity contribution in [3.05, 3.63) is 47.5 Å². The number of amides is 2. The van der Waals surface area contributed by atoms with Gasteiger partial charge in [0.1, 0.15) is 11.6 Å². The summed E-state index contributed by atoms with van der Waals surface area (Å²) >= 11 is 0. The molecule has 1 saturated heterocycles. The van der Waals surface area contributed by atoms with Crippen LogP contribution >= 0.6 is 0 Å². The average Bonchev–Trinajstić information content (AvgIpc) is 2.99. The van der Waals surface area contributed by atoms with Gasteiger partial charge >= 0.3 is 6.03 Å². The second-order valence-electron chi connectivity index (χ2n) is 5.92. The fourth-order valence-corrected chi connectivity index (χ4v) is 2.77. The summed E-state index contributed by atoms with van der Waals surface area (Å²) in [6.07, 6.45) is 0.678. The topological polar surface area (TPSA) is 61.6 Å². The summed E-state index contributed by atoms with van der Waals surface area (Å²) in [6, 6.07) is 8.38. The molecule has 7 heteroatoms. The van der Waals surface area contributed by atoms with Gasteiger partial charge in [-0.05, 0) is 25.0 Å². The zero-order chi connectivity index (χ0) is 16.9. The van der Waals surface area contributed by atoms with Gasteiger partial charge in [-0.2, -0.15) is 0 Å². The maximum atomic E-state index is 13.6. The first-order chi connectivity index (χ1) is 11.6. The van der Waals surface area contributed by atoms with E-state index in [1.165, 1.54) is 6.07 Å². The Morgan fingerprint density at radius 3 is 2.71 bits per heavy atom. The number of anilines is 1. The largest absolute Gasteiger partial charge is 0.360 e. The first-order valence-electron chi connectivity index (χ1n) is 8.07. The molecular weight excluding hydrogens is 311 g/mol. The predicted molar refractivity (Wildman–Crippen MR) is 88.4 cm³/mol. The van der Waals surface area contributed by atoms with E-state index in [4.69, 9.17) is 4.52 Å². The van der Waals surface area contributed by atoms with Crippen molar-refractivity contribution in [3.63, 3.8) is 0 Å². The Bertz CT molecular complexity index is 695. The molecule has 3 rings (SSSR count). The number of nitrogens with zero attached hydrogens (tertiary/aromatic N) is 3. The molecule has 1 aliphatic rings. The molecule has 0 aliphatic carbocycles. The summed E-state index contributed by atoms with van der Waals surface area (Å²) < 4.78 is 18.6. The van der Waals surface area contributed by atoms with Crippen LogP contribution in [-0.2, 0) is 6.42 Å². The molecule has 2 heterocycles. The number of nitrogens with one attached hydrogen (secondary N) is 1. The quantitative estimate of drug-likeness (QED) is 0.934. The number of hydrogen-bond donors (Lipinski definition) is 1. The molecule has 0 saturated carbocycles. The first kappa shape index (κ1) is 16.4. The Hall–Kier alpha value is -2.41. The number of aryl methyl sites for hydroxylation is 1. The van der Waals surface area contributed by atoms with Crippen LogP contribution in [0, 0.1) is 12.7 Å². The van der Waals surface area contributed by atoms with Gasteiger partial charge in [0.2, 0.25) is 0 Å². The smallest absolute Gasteiger partial charge is 0.323 e. The number of carbonyl (C=O) groups is 1. The van der Waals surface area contributed by atoms with Crippen molar-refractivity contribution in [1.29, 1.82) is 0 Å². The van der Waals surface area contributed by atoms with Gasteiger partial charge < -0.3 is 9.42 Å². The molecule has 1 N–H and O–H groups in total. The number of rotatable bonds is 4. The van der Waals surface area contributed by atoms with Crippen molar-refractivity contribution >= 4 is 11.8 Å². The van der Waals surface area contributed by atoms with E-state index in [0.29, 0.717) is 31.1 Å². The minimum Gasteiger partial charge on any atom is -0.360 e. The molecule has 1 fully saturated rings. The fourth-order valence-electron chi connectivity index (χ4n) is 2.77. The normalized spacial score (nSPS) is 15.5. The number of urea groups is 1. The van der Waals surface area contributed by atoms with Crippen molar-refractivity contribution < 1.29 is 13.7 Å². The van der Waals surface area contributed by atoms with Gasteiger partial charge in [-0.3, -0.25) is 10.2 Å². The summed E-state index contributed by atoms with van der Waals surface area (Å²) in [6.45, 7) is 5.40. The van der Waals surface area contributed by atoms with Gasteiger partial charge in [-0.1, -0.05) is 23.4 Å². The van der Waals surface area contributed by atoms with Gasteiger partial charge in [0.25, 0.3) is 0 Å². The number of benzene rings is 1. The van der Waals surface area contributed by atoms with Crippen LogP contribution < -0.4 is 5.32 Å². The lowest BCUT2D eigenvalue weighted by atomic mass is 10.1. The lowest BCUT2D eigenvalue weighted by Crippen LogP contribution is -2.50. The van der Waals surface area contributed by atoms with Crippen molar-refractivity contribution in [3.8, 4) is 0 Å². The van der Waals surface area contributed by atoms with Gasteiger partial charge in [-0.25, -0.2) is 9.18 Å². The second-order valence-corrected chi connectivity index (χ2v) is 5.92. The maximum absolute atomic E-state index is 13.6. The number of aromatic nitrogens is 1. The van der Waals surface area contributed by atoms with Crippen LogP contribution in [0.4, 0.5) is 15.0 Å². The Morgan fingerprint density at radius 2 is 2.04 bits per heavy atom. The molecule has 0 radical (unpaired) electrons. The summed E-state index contributed by atoms with van der Waals surface area (Å²) in [7, 11) is 0. The highest BCUT2D eigenvalue weighted by Gasteiger charge is 2.21. The van der Waals surface area contributed by atoms with Gasteiger partial charge in [0, 0.05) is 38.8 Å². The first-order valence-corrected chi connectivity index (χ1v) is 8.07.